The standard InChI is InChI=1S/C25H30N6O2/c1-28(2)11-12-29-13-15-30(16-14-29)25-19(5-3-9-27-25)23-21-6-4-10-31(21)20-8-7-18(24(26)32)17-22(20)33-23/h3-10,17,23H,11-16H2,1-2H3,(H2,26,32). The number of hydrogen-bond acceptors (Lipinski definition) is 6. The molecule has 0 radical (unpaired) electrons. The van der Waals surface area contributed by atoms with Gasteiger partial charge in [-0.05, 0) is 56.6 Å². The number of pyridine rings is 1. The number of nitrogens with zero attached hydrogens (tertiary/aromatic N) is 5. The average Bonchev–Trinajstić information content (AvgIpc) is 3.32. The van der Waals surface area contributed by atoms with Crippen LogP contribution >= 0.6 is 0 Å². The van der Waals surface area contributed by atoms with Crippen molar-refractivity contribution >= 4 is 11.7 Å². The van der Waals surface area contributed by atoms with Gasteiger partial charge in [-0.15, -0.1) is 0 Å². The van der Waals surface area contributed by atoms with Gasteiger partial charge in [0.1, 0.15) is 11.6 Å². The highest BCUT2D eigenvalue weighted by molar-refractivity contribution is 5.93. The molecule has 8 nitrogen and oxygen atoms in total. The van der Waals surface area contributed by atoms with E-state index in [1.807, 2.05) is 30.6 Å². The van der Waals surface area contributed by atoms with Gasteiger partial charge in [0.2, 0.25) is 5.91 Å². The van der Waals surface area contributed by atoms with E-state index < -0.39 is 5.91 Å². The van der Waals surface area contributed by atoms with Crippen LogP contribution in [0, 0.1) is 0 Å². The molecule has 1 saturated heterocycles. The molecule has 1 aromatic carbocycles. The number of carbonyl (C=O) groups excluding carboxylic acids is 1. The molecular weight excluding hydrogens is 416 g/mol. The summed E-state index contributed by atoms with van der Waals surface area (Å²) in [5.74, 6) is 1.13. The molecule has 4 heterocycles. The van der Waals surface area contributed by atoms with Gasteiger partial charge in [0.05, 0.1) is 11.4 Å². The summed E-state index contributed by atoms with van der Waals surface area (Å²) in [5.41, 5.74) is 8.90. The van der Waals surface area contributed by atoms with E-state index in [0.717, 1.165) is 62.0 Å². The monoisotopic (exact) mass is 446 g/mol. The topological polar surface area (TPSA) is 79.9 Å². The summed E-state index contributed by atoms with van der Waals surface area (Å²) >= 11 is 0. The summed E-state index contributed by atoms with van der Waals surface area (Å²) in [6.07, 6.45) is 3.54. The highest BCUT2D eigenvalue weighted by atomic mass is 16.5. The molecule has 172 valence electrons. The third-order valence-electron chi connectivity index (χ3n) is 6.43. The minimum absolute atomic E-state index is 0.328. The van der Waals surface area contributed by atoms with Gasteiger partial charge in [-0.2, -0.15) is 0 Å². The first-order chi connectivity index (χ1) is 16.0. The molecule has 2 aromatic heterocycles. The molecule has 5 rings (SSSR count). The molecule has 1 atom stereocenters. The van der Waals surface area contributed by atoms with Crippen molar-refractivity contribution in [3.8, 4) is 11.4 Å². The Morgan fingerprint density at radius 2 is 1.97 bits per heavy atom. The molecule has 3 aromatic rings. The zero-order valence-corrected chi connectivity index (χ0v) is 19.1. The number of benzene rings is 1. The van der Waals surface area contributed by atoms with Gasteiger partial charge in [-0.25, -0.2) is 4.98 Å². The van der Waals surface area contributed by atoms with Gasteiger partial charge in [0.25, 0.3) is 0 Å². The molecule has 1 fully saturated rings. The molecule has 2 aliphatic rings. The zero-order valence-electron chi connectivity index (χ0n) is 19.1. The van der Waals surface area contributed by atoms with Crippen LogP contribution in [0.5, 0.6) is 5.75 Å². The number of anilines is 1. The Bertz CT molecular complexity index is 1150. The SMILES string of the molecule is CN(C)CCN1CCN(c2ncccc2C2Oc3cc(C(N)=O)ccc3-n3cccc32)CC1. The summed E-state index contributed by atoms with van der Waals surface area (Å²) in [7, 11) is 4.22. The molecule has 0 saturated carbocycles. The highest BCUT2D eigenvalue weighted by Gasteiger charge is 2.31. The van der Waals surface area contributed by atoms with Crippen LogP contribution in [0.15, 0.2) is 54.9 Å². The summed E-state index contributed by atoms with van der Waals surface area (Å²) < 4.78 is 8.62. The molecule has 0 aliphatic carbocycles. The van der Waals surface area contributed by atoms with Crippen LogP contribution in [-0.2, 0) is 0 Å². The molecule has 0 spiro atoms. The number of fused-ring (bicyclic) bond motifs is 3. The maximum Gasteiger partial charge on any atom is 0.248 e. The summed E-state index contributed by atoms with van der Waals surface area (Å²) in [4.78, 5) is 23.6. The lowest BCUT2D eigenvalue weighted by atomic mass is 10.0. The van der Waals surface area contributed by atoms with Crippen LogP contribution < -0.4 is 15.4 Å². The van der Waals surface area contributed by atoms with Crippen LogP contribution in [0.4, 0.5) is 5.82 Å². The molecule has 33 heavy (non-hydrogen) atoms. The number of aromatic nitrogens is 2. The fourth-order valence-electron chi connectivity index (χ4n) is 4.60. The number of piperazine rings is 1. The van der Waals surface area contributed by atoms with Crippen molar-refractivity contribution < 1.29 is 9.53 Å². The maximum atomic E-state index is 11.7. The quantitative estimate of drug-likeness (QED) is 0.625. The Balaban J connectivity index is 1.43. The lowest BCUT2D eigenvalue weighted by Gasteiger charge is -2.38. The van der Waals surface area contributed by atoms with E-state index in [1.54, 1.807) is 12.1 Å². The van der Waals surface area contributed by atoms with Crippen LogP contribution in [0.2, 0.25) is 0 Å². The molecule has 2 aliphatic heterocycles. The van der Waals surface area contributed by atoms with E-state index in [0.29, 0.717) is 11.3 Å². The first-order valence-corrected chi connectivity index (χ1v) is 11.4. The van der Waals surface area contributed by atoms with Crippen LogP contribution in [0.3, 0.4) is 0 Å². The lowest BCUT2D eigenvalue weighted by Crippen LogP contribution is -2.48. The van der Waals surface area contributed by atoms with Crippen LogP contribution in [-0.4, -0.2) is 78.6 Å². The zero-order chi connectivity index (χ0) is 22.9. The molecule has 1 unspecified atom stereocenters. The van der Waals surface area contributed by atoms with E-state index in [-0.39, 0.29) is 6.10 Å². The predicted octanol–water partition coefficient (Wildman–Crippen LogP) is 2.14. The third-order valence-corrected chi connectivity index (χ3v) is 6.43. The average molecular weight is 447 g/mol. The Morgan fingerprint density at radius 3 is 2.73 bits per heavy atom. The minimum Gasteiger partial charge on any atom is -0.477 e. The normalized spacial score (nSPS) is 18.0. The summed E-state index contributed by atoms with van der Waals surface area (Å²) in [5, 5.41) is 0. The van der Waals surface area contributed by atoms with Crippen molar-refractivity contribution in [3.63, 3.8) is 0 Å². The number of ether oxygens (including phenoxy) is 1. The van der Waals surface area contributed by atoms with Crippen molar-refractivity contribution in [2.45, 2.75) is 6.10 Å². The maximum absolute atomic E-state index is 11.7. The number of amides is 1. The largest absolute Gasteiger partial charge is 0.477 e. The van der Waals surface area contributed by atoms with E-state index in [1.165, 1.54) is 0 Å². The number of likely N-dealkylation sites (N-methyl/N-ethyl adjacent to an activating group) is 1. The molecule has 8 heteroatoms. The Morgan fingerprint density at radius 1 is 1.15 bits per heavy atom. The molecule has 1 amide bonds. The van der Waals surface area contributed by atoms with E-state index >= 15 is 0 Å². The number of carbonyl (C=O) groups is 1. The summed E-state index contributed by atoms with van der Waals surface area (Å²) in [6.45, 7) is 6.01. The second-order valence-corrected chi connectivity index (χ2v) is 8.90. The Kier molecular flexibility index (Phi) is 5.78. The van der Waals surface area contributed by atoms with Gasteiger partial charge in [-0.1, -0.05) is 0 Å². The number of hydrogen-bond donors (Lipinski definition) is 1. The predicted molar refractivity (Wildman–Crippen MR) is 128 cm³/mol. The van der Waals surface area contributed by atoms with Gasteiger partial charge in [0.15, 0.2) is 6.10 Å². The van der Waals surface area contributed by atoms with E-state index in [4.69, 9.17) is 15.5 Å². The van der Waals surface area contributed by atoms with Crippen molar-refractivity contribution in [2.24, 2.45) is 5.73 Å². The van der Waals surface area contributed by atoms with Crippen LogP contribution in [0.25, 0.3) is 5.69 Å². The fraction of sp³-hybridized carbons (Fsp3) is 0.360. The number of rotatable bonds is 6. The minimum atomic E-state index is -0.467. The van der Waals surface area contributed by atoms with E-state index in [2.05, 4.69) is 45.5 Å². The second kappa shape index (κ2) is 8.88. The first kappa shape index (κ1) is 21.5. The summed E-state index contributed by atoms with van der Waals surface area (Å²) in [6, 6.07) is 13.5. The van der Waals surface area contributed by atoms with Crippen molar-refractivity contribution in [2.75, 3.05) is 58.3 Å². The molecular formula is C25H30N6O2. The third kappa shape index (κ3) is 4.19. The van der Waals surface area contributed by atoms with Gasteiger partial charge in [0, 0.05) is 62.8 Å². The first-order valence-electron chi connectivity index (χ1n) is 11.4. The Labute approximate surface area is 194 Å². The number of primary amides is 1. The van der Waals surface area contributed by atoms with E-state index in [9.17, 15) is 4.79 Å². The molecule has 2 N–H and O–H groups in total. The Hall–Kier alpha value is -3.36. The highest BCUT2D eigenvalue weighted by Crippen LogP contribution is 2.41. The van der Waals surface area contributed by atoms with Gasteiger partial charge >= 0.3 is 0 Å². The smallest absolute Gasteiger partial charge is 0.248 e. The number of nitrogens with two attached hydrogens (primary N) is 1. The van der Waals surface area contributed by atoms with Crippen molar-refractivity contribution in [1.29, 1.82) is 0 Å². The van der Waals surface area contributed by atoms with Gasteiger partial charge < -0.3 is 24.8 Å². The fourth-order valence-corrected chi connectivity index (χ4v) is 4.60. The van der Waals surface area contributed by atoms with Crippen LogP contribution in [0.1, 0.15) is 27.7 Å². The lowest BCUT2D eigenvalue weighted by molar-refractivity contribution is 0.0999. The van der Waals surface area contributed by atoms with Gasteiger partial charge in [-0.3, -0.25) is 9.69 Å². The van der Waals surface area contributed by atoms with Crippen molar-refractivity contribution in [3.05, 3.63) is 71.7 Å². The second-order valence-electron chi connectivity index (χ2n) is 8.90. The van der Waals surface area contributed by atoms with Crippen molar-refractivity contribution in [1.82, 2.24) is 19.4 Å². The molecule has 0 bridgehead atoms.